The Morgan fingerprint density at radius 3 is 2.14 bits per heavy atom. The normalized spacial score (nSPS) is 15.4. The van der Waals surface area contributed by atoms with Crippen LogP contribution in [0, 0.1) is 11.8 Å². The number of hydrogen-bond donors (Lipinski definition) is 7. The molecule has 1 heterocycles. The molecular formula is C22H37N7O6. The number of carboxylic acid groups (broad SMARTS) is 1. The van der Waals surface area contributed by atoms with Gasteiger partial charge in [-0.05, 0) is 18.3 Å². The van der Waals surface area contributed by atoms with Gasteiger partial charge < -0.3 is 37.5 Å². The van der Waals surface area contributed by atoms with E-state index in [1.165, 1.54) is 12.5 Å². The number of H-pyrrole nitrogens is 1. The highest BCUT2D eigenvalue weighted by Gasteiger charge is 2.33. The van der Waals surface area contributed by atoms with E-state index in [9.17, 15) is 29.1 Å². The van der Waals surface area contributed by atoms with E-state index in [-0.39, 0.29) is 25.2 Å². The van der Waals surface area contributed by atoms with Gasteiger partial charge in [0, 0.05) is 24.7 Å². The minimum Gasteiger partial charge on any atom is -0.480 e. The number of nitrogens with zero attached hydrogens (tertiary/aromatic N) is 1. The summed E-state index contributed by atoms with van der Waals surface area (Å²) in [5.74, 6) is -4.62. The van der Waals surface area contributed by atoms with Gasteiger partial charge in [0.05, 0.1) is 12.4 Å². The molecule has 0 spiro atoms. The van der Waals surface area contributed by atoms with Gasteiger partial charge in [-0.2, -0.15) is 0 Å². The maximum atomic E-state index is 13.0. The van der Waals surface area contributed by atoms with Gasteiger partial charge in [-0.1, -0.05) is 34.1 Å². The van der Waals surface area contributed by atoms with Crippen LogP contribution in [0.1, 0.15) is 52.7 Å². The van der Waals surface area contributed by atoms with E-state index in [0.717, 1.165) is 0 Å². The smallest absolute Gasteiger partial charge is 0.326 e. The predicted molar refractivity (Wildman–Crippen MR) is 126 cm³/mol. The number of aromatic amines is 1. The third kappa shape index (κ3) is 9.73. The van der Waals surface area contributed by atoms with Crippen LogP contribution in [0.3, 0.4) is 0 Å². The summed E-state index contributed by atoms with van der Waals surface area (Å²) in [4.78, 5) is 68.1. The first-order valence-corrected chi connectivity index (χ1v) is 11.5. The van der Waals surface area contributed by atoms with Gasteiger partial charge in [0.25, 0.3) is 0 Å². The summed E-state index contributed by atoms with van der Waals surface area (Å²) in [6.45, 7) is 6.86. The number of aromatic nitrogens is 2. The Balaban J connectivity index is 2.96. The van der Waals surface area contributed by atoms with Crippen molar-refractivity contribution in [2.45, 2.75) is 77.5 Å². The van der Waals surface area contributed by atoms with Crippen LogP contribution >= 0.6 is 0 Å². The Labute approximate surface area is 204 Å². The summed E-state index contributed by atoms with van der Waals surface area (Å²) < 4.78 is 0. The summed E-state index contributed by atoms with van der Waals surface area (Å²) in [6.07, 6.45) is 3.31. The summed E-state index contributed by atoms with van der Waals surface area (Å²) in [5.41, 5.74) is 11.8. The second kappa shape index (κ2) is 14.0. The van der Waals surface area contributed by atoms with Crippen LogP contribution in [0.4, 0.5) is 0 Å². The van der Waals surface area contributed by atoms with Gasteiger partial charge in [0.15, 0.2) is 0 Å². The molecule has 0 fully saturated rings. The third-order valence-corrected chi connectivity index (χ3v) is 5.67. The number of nitrogens with one attached hydrogen (secondary N) is 4. The van der Waals surface area contributed by atoms with Crippen molar-refractivity contribution in [1.29, 1.82) is 0 Å². The molecule has 13 nitrogen and oxygen atoms in total. The summed E-state index contributed by atoms with van der Waals surface area (Å²) in [6, 6.07) is -4.41. The van der Waals surface area contributed by atoms with Crippen molar-refractivity contribution in [3.05, 3.63) is 18.2 Å². The van der Waals surface area contributed by atoms with Gasteiger partial charge in [0.1, 0.15) is 18.1 Å². The van der Waals surface area contributed by atoms with Crippen molar-refractivity contribution in [3.8, 4) is 0 Å². The highest BCUT2D eigenvalue weighted by molar-refractivity contribution is 5.94. The molecule has 1 aromatic rings. The molecule has 4 amide bonds. The average molecular weight is 496 g/mol. The largest absolute Gasteiger partial charge is 0.480 e. The quantitative estimate of drug-likeness (QED) is 0.156. The number of carboxylic acids is 1. The van der Waals surface area contributed by atoms with Crippen molar-refractivity contribution in [3.63, 3.8) is 0 Å². The van der Waals surface area contributed by atoms with Crippen molar-refractivity contribution < 1.29 is 29.1 Å². The van der Waals surface area contributed by atoms with Crippen molar-refractivity contribution in [2.24, 2.45) is 23.3 Å². The lowest BCUT2D eigenvalue weighted by Crippen LogP contribution is -2.59. The Morgan fingerprint density at radius 1 is 1.03 bits per heavy atom. The molecule has 1 rings (SSSR count). The molecule has 0 radical (unpaired) electrons. The van der Waals surface area contributed by atoms with E-state index in [4.69, 9.17) is 11.5 Å². The zero-order valence-electron chi connectivity index (χ0n) is 20.5. The van der Waals surface area contributed by atoms with Crippen molar-refractivity contribution >= 4 is 29.6 Å². The minimum atomic E-state index is -1.19. The van der Waals surface area contributed by atoms with Gasteiger partial charge in [0.2, 0.25) is 23.6 Å². The lowest BCUT2D eigenvalue weighted by molar-refractivity contribution is -0.144. The number of carbonyl (C=O) groups excluding carboxylic acids is 4. The second-order valence-corrected chi connectivity index (χ2v) is 8.89. The van der Waals surface area contributed by atoms with E-state index in [1.54, 1.807) is 27.7 Å². The Kier molecular flexibility index (Phi) is 11.9. The SMILES string of the molecule is CCC(C)C(NC(=O)C(NC(=O)C(CCC(N)=O)NC(=O)C(N)Cc1cnc[nH]1)C(C)C)C(=O)O. The molecule has 0 saturated carbocycles. The van der Waals surface area contributed by atoms with E-state index < -0.39 is 59.7 Å². The highest BCUT2D eigenvalue weighted by Crippen LogP contribution is 2.11. The average Bonchev–Trinajstić information content (AvgIpc) is 3.29. The highest BCUT2D eigenvalue weighted by atomic mass is 16.4. The molecule has 0 aliphatic rings. The first kappa shape index (κ1) is 29.6. The summed E-state index contributed by atoms with van der Waals surface area (Å²) in [5, 5.41) is 17.0. The first-order chi connectivity index (χ1) is 16.4. The first-order valence-electron chi connectivity index (χ1n) is 11.5. The summed E-state index contributed by atoms with van der Waals surface area (Å²) >= 11 is 0. The van der Waals surface area contributed by atoms with E-state index in [2.05, 4.69) is 25.9 Å². The predicted octanol–water partition coefficient (Wildman–Crippen LogP) is -1.21. The third-order valence-electron chi connectivity index (χ3n) is 5.67. The maximum Gasteiger partial charge on any atom is 0.326 e. The molecular weight excluding hydrogens is 458 g/mol. The molecule has 5 atom stereocenters. The van der Waals surface area contributed by atoms with Crippen LogP contribution in [0.25, 0.3) is 0 Å². The number of nitrogens with two attached hydrogens (primary N) is 2. The number of imidazole rings is 1. The maximum absolute atomic E-state index is 13.0. The zero-order valence-corrected chi connectivity index (χ0v) is 20.5. The molecule has 5 unspecified atom stereocenters. The van der Waals surface area contributed by atoms with E-state index in [1.807, 2.05) is 0 Å². The standard InChI is InChI=1S/C22H37N7O6/c1-5-12(4)18(22(34)35)29-21(33)17(11(2)3)28-20(32)15(6-7-16(24)30)27-19(31)14(23)8-13-9-25-10-26-13/h9-12,14-15,17-18H,5-8,23H2,1-4H3,(H2,24,30)(H,25,26)(H,27,31)(H,28,32)(H,29,33)(H,34,35). The number of hydrogen-bond acceptors (Lipinski definition) is 7. The topological polar surface area (TPSA) is 222 Å². The van der Waals surface area contributed by atoms with Crippen LogP contribution in [0.15, 0.2) is 12.5 Å². The van der Waals surface area contributed by atoms with Crippen LogP contribution in [0.2, 0.25) is 0 Å². The van der Waals surface area contributed by atoms with E-state index in [0.29, 0.717) is 12.1 Å². The van der Waals surface area contributed by atoms with E-state index >= 15 is 0 Å². The second-order valence-electron chi connectivity index (χ2n) is 8.89. The van der Waals surface area contributed by atoms with Crippen molar-refractivity contribution in [2.75, 3.05) is 0 Å². The fourth-order valence-corrected chi connectivity index (χ4v) is 3.28. The number of rotatable bonds is 15. The van der Waals surface area contributed by atoms with Crippen LogP contribution < -0.4 is 27.4 Å². The lowest BCUT2D eigenvalue weighted by atomic mass is 9.97. The van der Waals surface area contributed by atoms with Crippen molar-refractivity contribution in [1.82, 2.24) is 25.9 Å². The molecule has 196 valence electrons. The zero-order chi connectivity index (χ0) is 26.7. The van der Waals surface area contributed by atoms with Crippen LogP contribution in [-0.2, 0) is 30.4 Å². The number of amides is 4. The minimum absolute atomic E-state index is 0.110. The van der Waals surface area contributed by atoms with Gasteiger partial charge >= 0.3 is 5.97 Å². The van der Waals surface area contributed by atoms with Gasteiger partial charge in [-0.15, -0.1) is 0 Å². The molecule has 13 heteroatoms. The molecule has 0 bridgehead atoms. The van der Waals surface area contributed by atoms with Crippen LogP contribution in [-0.4, -0.2) is 68.8 Å². The molecule has 0 aliphatic carbocycles. The molecule has 1 aromatic heterocycles. The lowest BCUT2D eigenvalue weighted by Gasteiger charge is -2.28. The number of aliphatic carboxylic acids is 1. The van der Waals surface area contributed by atoms with Crippen LogP contribution in [0.5, 0.6) is 0 Å². The monoisotopic (exact) mass is 495 g/mol. The molecule has 35 heavy (non-hydrogen) atoms. The fraction of sp³-hybridized carbons (Fsp3) is 0.636. The fourth-order valence-electron chi connectivity index (χ4n) is 3.28. The number of carbonyl (C=O) groups is 5. The van der Waals surface area contributed by atoms with Gasteiger partial charge in [-0.3, -0.25) is 19.2 Å². The molecule has 0 saturated heterocycles. The van der Waals surface area contributed by atoms with Gasteiger partial charge in [-0.25, -0.2) is 9.78 Å². The Hall–Kier alpha value is -3.48. The summed E-state index contributed by atoms with van der Waals surface area (Å²) in [7, 11) is 0. The Morgan fingerprint density at radius 2 is 1.66 bits per heavy atom. The molecule has 9 N–H and O–H groups in total. The number of primary amides is 1. The molecule has 0 aliphatic heterocycles. The Bertz CT molecular complexity index is 874. The molecule has 0 aromatic carbocycles.